The number of aliphatic hydroxyl groups is 1. The minimum atomic E-state index is -0.511. The predicted molar refractivity (Wildman–Crippen MR) is 73.4 cm³/mol. The summed E-state index contributed by atoms with van der Waals surface area (Å²) in [5, 5.41) is 9.55. The Morgan fingerprint density at radius 3 is 2.53 bits per heavy atom. The van der Waals surface area contributed by atoms with Crippen LogP contribution in [-0.2, 0) is 9.47 Å². The number of aliphatic hydroxyl groups excluding tert-OH is 1. The van der Waals surface area contributed by atoms with Crippen LogP contribution in [0.15, 0.2) is 0 Å². The molecule has 2 rings (SSSR count). The predicted octanol–water partition coefficient (Wildman–Crippen LogP) is 2.47. The second-order valence-corrected chi connectivity index (χ2v) is 7.98. The summed E-state index contributed by atoms with van der Waals surface area (Å²) in [6.07, 6.45) is 1.73. The number of thioether (sulfide) groups is 2. The Morgan fingerprint density at radius 2 is 1.94 bits per heavy atom. The number of hydrogen-bond acceptors (Lipinski definition) is 5. The molecule has 5 heteroatoms. The third-order valence-corrected chi connectivity index (χ3v) is 5.97. The lowest BCUT2D eigenvalue weighted by Gasteiger charge is -2.29. The first-order valence-electron chi connectivity index (χ1n) is 6.25. The minimum Gasteiger partial charge on any atom is -0.393 e. The maximum Gasteiger partial charge on any atom is 0.163 e. The van der Waals surface area contributed by atoms with Gasteiger partial charge in [0.1, 0.15) is 6.10 Å². The molecule has 2 aliphatic rings. The van der Waals surface area contributed by atoms with Crippen molar-refractivity contribution in [1.82, 2.24) is 0 Å². The van der Waals surface area contributed by atoms with Crippen LogP contribution in [0.1, 0.15) is 33.6 Å². The van der Waals surface area contributed by atoms with Gasteiger partial charge in [0, 0.05) is 6.42 Å². The van der Waals surface area contributed by atoms with E-state index in [1.807, 2.05) is 44.3 Å². The molecule has 0 aliphatic carbocycles. The van der Waals surface area contributed by atoms with Gasteiger partial charge in [-0.1, -0.05) is 0 Å². The molecule has 1 N–H and O–H groups in total. The Labute approximate surface area is 112 Å². The van der Waals surface area contributed by atoms with Crippen molar-refractivity contribution in [2.75, 3.05) is 11.5 Å². The Kier molecular flexibility index (Phi) is 4.69. The fourth-order valence-electron chi connectivity index (χ4n) is 2.31. The van der Waals surface area contributed by atoms with Gasteiger partial charge in [-0.25, -0.2) is 0 Å². The molecule has 3 atom stereocenters. The molecule has 0 amide bonds. The summed E-state index contributed by atoms with van der Waals surface area (Å²) in [4.78, 5) is 0. The summed E-state index contributed by atoms with van der Waals surface area (Å²) in [7, 11) is 0. The standard InChI is InChI=1S/C12H22O3S2/c1-8(13)7-9-10(15-12(2,3)14-9)11-16-5-4-6-17-11/h8-11,13H,4-7H2,1-3H3/t8-,9+,10-/m1/s1. The third kappa shape index (κ3) is 3.77. The van der Waals surface area contributed by atoms with Crippen LogP contribution >= 0.6 is 23.5 Å². The molecule has 0 aromatic carbocycles. The topological polar surface area (TPSA) is 38.7 Å². The van der Waals surface area contributed by atoms with E-state index in [2.05, 4.69) is 0 Å². The average Bonchev–Trinajstić information content (AvgIpc) is 2.54. The van der Waals surface area contributed by atoms with Crippen LogP contribution in [0.3, 0.4) is 0 Å². The zero-order valence-electron chi connectivity index (χ0n) is 10.7. The Morgan fingerprint density at radius 1 is 1.29 bits per heavy atom. The van der Waals surface area contributed by atoms with Crippen LogP contribution < -0.4 is 0 Å². The van der Waals surface area contributed by atoms with Gasteiger partial charge in [-0.05, 0) is 38.7 Å². The van der Waals surface area contributed by atoms with Crippen molar-refractivity contribution >= 4 is 23.5 Å². The molecule has 2 aliphatic heterocycles. The number of hydrogen-bond donors (Lipinski definition) is 1. The van der Waals surface area contributed by atoms with Crippen molar-refractivity contribution in [3.8, 4) is 0 Å². The van der Waals surface area contributed by atoms with Gasteiger partial charge >= 0.3 is 0 Å². The molecule has 2 saturated heterocycles. The Bertz CT molecular complexity index is 252. The van der Waals surface area contributed by atoms with Crippen LogP contribution in [0.5, 0.6) is 0 Å². The smallest absolute Gasteiger partial charge is 0.163 e. The molecule has 3 nitrogen and oxygen atoms in total. The lowest BCUT2D eigenvalue weighted by molar-refractivity contribution is -0.147. The Balaban J connectivity index is 2.01. The molecule has 0 aromatic heterocycles. The summed E-state index contributed by atoms with van der Waals surface area (Å²) >= 11 is 3.94. The van der Waals surface area contributed by atoms with E-state index in [0.29, 0.717) is 11.0 Å². The van der Waals surface area contributed by atoms with Gasteiger partial charge in [0.15, 0.2) is 5.79 Å². The Hall–Kier alpha value is 0.580. The van der Waals surface area contributed by atoms with Gasteiger partial charge < -0.3 is 14.6 Å². The normalized spacial score (nSPS) is 36.0. The quantitative estimate of drug-likeness (QED) is 0.858. The zero-order valence-corrected chi connectivity index (χ0v) is 12.4. The molecule has 0 unspecified atom stereocenters. The highest BCUT2D eigenvalue weighted by molar-refractivity contribution is 8.17. The van der Waals surface area contributed by atoms with Gasteiger partial charge in [0.2, 0.25) is 0 Å². The molecule has 0 saturated carbocycles. The first kappa shape index (κ1) is 14.0. The van der Waals surface area contributed by atoms with Crippen molar-refractivity contribution in [2.24, 2.45) is 0 Å². The maximum atomic E-state index is 9.55. The first-order valence-corrected chi connectivity index (χ1v) is 8.34. The molecule has 0 bridgehead atoms. The summed E-state index contributed by atoms with van der Waals surface area (Å²) < 4.78 is 12.4. The van der Waals surface area contributed by atoms with Crippen molar-refractivity contribution < 1.29 is 14.6 Å². The first-order chi connectivity index (χ1) is 7.98. The summed E-state index contributed by atoms with van der Waals surface area (Å²) in [6.45, 7) is 5.73. The fourth-order valence-corrected chi connectivity index (χ4v) is 5.38. The minimum absolute atomic E-state index is 0.0214. The SMILES string of the molecule is C[C@@H](O)C[C@@H]1OC(C)(C)O[C@H]1C1SCCCS1. The summed E-state index contributed by atoms with van der Waals surface area (Å²) in [5.74, 6) is 1.90. The maximum absolute atomic E-state index is 9.55. The fraction of sp³-hybridized carbons (Fsp3) is 1.00. The second kappa shape index (κ2) is 5.70. The molecule has 2 fully saturated rings. The lowest BCUT2D eigenvalue weighted by Crippen LogP contribution is -2.35. The zero-order chi connectivity index (χ0) is 12.5. The van der Waals surface area contributed by atoms with E-state index >= 15 is 0 Å². The second-order valence-electron chi connectivity index (χ2n) is 5.19. The van der Waals surface area contributed by atoms with Gasteiger partial charge in [0.05, 0.1) is 16.8 Å². The number of rotatable bonds is 3. The van der Waals surface area contributed by atoms with E-state index < -0.39 is 5.79 Å². The average molecular weight is 278 g/mol. The van der Waals surface area contributed by atoms with Crippen LogP contribution in [0.4, 0.5) is 0 Å². The molecule has 0 radical (unpaired) electrons. The van der Waals surface area contributed by atoms with Gasteiger partial charge in [-0.3, -0.25) is 0 Å². The van der Waals surface area contributed by atoms with E-state index in [1.54, 1.807) is 0 Å². The van der Waals surface area contributed by atoms with E-state index in [0.717, 1.165) is 0 Å². The largest absolute Gasteiger partial charge is 0.393 e. The van der Waals surface area contributed by atoms with E-state index in [1.165, 1.54) is 17.9 Å². The van der Waals surface area contributed by atoms with Gasteiger partial charge in [0.25, 0.3) is 0 Å². The van der Waals surface area contributed by atoms with Crippen molar-refractivity contribution in [3.63, 3.8) is 0 Å². The van der Waals surface area contributed by atoms with E-state index in [4.69, 9.17) is 9.47 Å². The number of ether oxygens (including phenoxy) is 2. The van der Waals surface area contributed by atoms with Gasteiger partial charge in [-0.15, -0.1) is 23.5 Å². The summed E-state index contributed by atoms with van der Waals surface area (Å²) in [5.41, 5.74) is 0. The monoisotopic (exact) mass is 278 g/mol. The van der Waals surface area contributed by atoms with E-state index in [-0.39, 0.29) is 18.3 Å². The van der Waals surface area contributed by atoms with Crippen LogP contribution in [0.25, 0.3) is 0 Å². The van der Waals surface area contributed by atoms with E-state index in [9.17, 15) is 5.11 Å². The highest BCUT2D eigenvalue weighted by atomic mass is 32.2. The van der Waals surface area contributed by atoms with Gasteiger partial charge in [-0.2, -0.15) is 0 Å². The molecular formula is C12H22O3S2. The molecule has 100 valence electrons. The highest BCUT2D eigenvalue weighted by Crippen LogP contribution is 2.42. The molecule has 0 aromatic rings. The molecule has 2 heterocycles. The van der Waals surface area contributed by atoms with Crippen LogP contribution in [-0.4, -0.2) is 45.3 Å². The lowest BCUT2D eigenvalue weighted by atomic mass is 10.1. The molecule has 0 spiro atoms. The van der Waals surface area contributed by atoms with Crippen LogP contribution in [0, 0.1) is 0 Å². The molecular weight excluding hydrogens is 256 g/mol. The summed E-state index contributed by atoms with van der Waals surface area (Å²) in [6, 6.07) is 0. The van der Waals surface area contributed by atoms with Crippen molar-refractivity contribution in [2.45, 2.75) is 62.3 Å². The van der Waals surface area contributed by atoms with Crippen molar-refractivity contribution in [1.29, 1.82) is 0 Å². The van der Waals surface area contributed by atoms with Crippen LogP contribution in [0.2, 0.25) is 0 Å². The third-order valence-electron chi connectivity index (χ3n) is 2.92. The molecule has 17 heavy (non-hydrogen) atoms. The highest BCUT2D eigenvalue weighted by Gasteiger charge is 2.46. The van der Waals surface area contributed by atoms with Crippen molar-refractivity contribution in [3.05, 3.63) is 0 Å².